The van der Waals surface area contributed by atoms with E-state index < -0.39 is 24.4 Å². The van der Waals surface area contributed by atoms with Gasteiger partial charge in [0.1, 0.15) is 0 Å². The van der Waals surface area contributed by atoms with Gasteiger partial charge in [0.05, 0.1) is 36.0 Å². The van der Waals surface area contributed by atoms with E-state index in [0.717, 1.165) is 11.1 Å². The van der Waals surface area contributed by atoms with Crippen molar-refractivity contribution in [3.8, 4) is 17.0 Å². The van der Waals surface area contributed by atoms with Crippen molar-refractivity contribution in [1.82, 2.24) is 10.1 Å². The Bertz CT molecular complexity index is 1350. The predicted octanol–water partition coefficient (Wildman–Crippen LogP) is 5.73. The molecular formula is C25H21ClF3N3O4. The fourth-order valence-corrected chi connectivity index (χ4v) is 4.95. The number of nitrogens with one attached hydrogen (secondary N) is 1. The summed E-state index contributed by atoms with van der Waals surface area (Å²) in [6, 6.07) is 12.1. The Kier molecular flexibility index (Phi) is 6.17. The second kappa shape index (κ2) is 9.18. The third-order valence-corrected chi connectivity index (χ3v) is 6.70. The maximum Gasteiger partial charge on any atom is 0.401 e. The van der Waals surface area contributed by atoms with Crippen LogP contribution in [0.2, 0.25) is 5.02 Å². The number of hydrogen-bond acceptors (Lipinski definition) is 6. The average Bonchev–Trinajstić information content (AvgIpc) is 3.55. The molecule has 11 heteroatoms. The highest BCUT2D eigenvalue weighted by molar-refractivity contribution is 6.38. The molecule has 36 heavy (non-hydrogen) atoms. The van der Waals surface area contributed by atoms with Gasteiger partial charge in [0, 0.05) is 17.7 Å². The number of anilines is 1. The lowest BCUT2D eigenvalue weighted by atomic mass is 9.94. The van der Waals surface area contributed by atoms with Gasteiger partial charge in [0.25, 0.3) is 11.8 Å². The number of likely N-dealkylation sites (tertiary alicyclic amines) is 1. The molecule has 7 nitrogen and oxygen atoms in total. The molecular weight excluding hydrogens is 499 g/mol. The van der Waals surface area contributed by atoms with Crippen LogP contribution in [0, 0.1) is 0 Å². The first-order valence-corrected chi connectivity index (χ1v) is 11.5. The summed E-state index contributed by atoms with van der Waals surface area (Å²) in [7, 11) is 1.40. The van der Waals surface area contributed by atoms with Gasteiger partial charge in [-0.25, -0.2) is 0 Å². The molecule has 0 saturated carbocycles. The van der Waals surface area contributed by atoms with Gasteiger partial charge < -0.3 is 19.7 Å². The van der Waals surface area contributed by atoms with Gasteiger partial charge in [-0.1, -0.05) is 35.9 Å². The van der Waals surface area contributed by atoms with Crippen LogP contribution >= 0.6 is 11.6 Å². The molecule has 5 rings (SSSR count). The quantitative estimate of drug-likeness (QED) is 0.330. The van der Waals surface area contributed by atoms with Crippen LogP contribution in [0.15, 0.2) is 47.0 Å². The number of aliphatic hydroxyl groups is 1. The van der Waals surface area contributed by atoms with Crippen molar-refractivity contribution in [1.29, 1.82) is 0 Å². The number of aliphatic hydroxyl groups excluding tert-OH is 1. The molecule has 3 aromatic rings. The Labute approximate surface area is 209 Å². The van der Waals surface area contributed by atoms with Crippen LogP contribution in [0.5, 0.6) is 5.88 Å². The van der Waals surface area contributed by atoms with Gasteiger partial charge in [-0.3, -0.25) is 9.69 Å². The normalized spacial score (nSPS) is 19.4. The number of amides is 1. The molecule has 2 aliphatic rings. The van der Waals surface area contributed by atoms with Crippen molar-refractivity contribution in [2.45, 2.75) is 18.5 Å². The van der Waals surface area contributed by atoms with Gasteiger partial charge in [0.2, 0.25) is 5.76 Å². The number of halogens is 4. The van der Waals surface area contributed by atoms with Crippen molar-refractivity contribution >= 4 is 34.5 Å². The van der Waals surface area contributed by atoms with E-state index in [2.05, 4.69) is 10.5 Å². The average molecular weight is 520 g/mol. The third kappa shape index (κ3) is 4.66. The number of carbonyl (C=O) groups is 1. The van der Waals surface area contributed by atoms with Gasteiger partial charge >= 0.3 is 6.18 Å². The van der Waals surface area contributed by atoms with E-state index in [-0.39, 0.29) is 23.1 Å². The number of ether oxygens (including phenoxy) is 1. The first-order valence-electron chi connectivity index (χ1n) is 11.1. The Morgan fingerprint density at radius 3 is 2.67 bits per heavy atom. The lowest BCUT2D eigenvalue weighted by Crippen LogP contribution is -2.32. The monoisotopic (exact) mass is 519 g/mol. The summed E-state index contributed by atoms with van der Waals surface area (Å²) in [4.78, 5) is 14.1. The Morgan fingerprint density at radius 2 is 2.00 bits per heavy atom. The number of hydrogen-bond donors (Lipinski definition) is 2. The molecule has 3 heterocycles. The first kappa shape index (κ1) is 24.2. The summed E-state index contributed by atoms with van der Waals surface area (Å²) in [5, 5.41) is 17.5. The minimum Gasteiger partial charge on any atom is -0.504 e. The molecule has 188 valence electrons. The van der Waals surface area contributed by atoms with E-state index >= 15 is 0 Å². The van der Waals surface area contributed by atoms with Crippen LogP contribution in [0.25, 0.3) is 22.5 Å². The zero-order chi connectivity index (χ0) is 25.6. The van der Waals surface area contributed by atoms with Crippen LogP contribution in [-0.4, -0.2) is 54.0 Å². The number of methoxy groups -OCH3 is 1. The Balaban J connectivity index is 1.43. The van der Waals surface area contributed by atoms with Crippen LogP contribution in [0.3, 0.4) is 0 Å². The van der Waals surface area contributed by atoms with Gasteiger partial charge in [0.15, 0.2) is 5.76 Å². The van der Waals surface area contributed by atoms with Crippen molar-refractivity contribution in [3.63, 3.8) is 0 Å². The second-order valence-electron chi connectivity index (χ2n) is 8.75. The summed E-state index contributed by atoms with van der Waals surface area (Å²) in [5.41, 5.74) is 3.23. The standard InChI is InChI=1S/C25H21ClF3N3O4/c1-35-21-10-20(36-31-21)23(33)22-17-8-16(18(26)9-19(17)30-24(22)34)14-4-2-13(3-5-14)15-6-7-32(11-15)12-25(27,28)29/h2-5,8-10,15,33H,6-7,11-12H2,1H3,(H,30,34)/b23-22+. The molecule has 1 amide bonds. The van der Waals surface area contributed by atoms with Crippen LogP contribution in [-0.2, 0) is 4.79 Å². The van der Waals surface area contributed by atoms with Crippen molar-refractivity contribution in [3.05, 3.63) is 64.4 Å². The number of benzene rings is 2. The number of alkyl halides is 3. The topological polar surface area (TPSA) is 87.8 Å². The molecule has 2 aromatic carbocycles. The van der Waals surface area contributed by atoms with Crippen LogP contribution in [0.4, 0.5) is 18.9 Å². The summed E-state index contributed by atoms with van der Waals surface area (Å²) in [5.74, 6) is -0.774. The zero-order valence-corrected chi connectivity index (χ0v) is 19.8. The highest BCUT2D eigenvalue weighted by Crippen LogP contribution is 2.42. The third-order valence-electron chi connectivity index (χ3n) is 6.39. The van der Waals surface area contributed by atoms with Gasteiger partial charge in [-0.15, -0.1) is 0 Å². The second-order valence-corrected chi connectivity index (χ2v) is 9.15. The lowest BCUT2D eigenvalue weighted by molar-refractivity contribution is -0.143. The summed E-state index contributed by atoms with van der Waals surface area (Å²) in [6.45, 7) is -0.145. The maximum absolute atomic E-state index is 12.7. The van der Waals surface area contributed by atoms with E-state index in [1.807, 2.05) is 24.3 Å². The SMILES string of the molecule is COc1cc(/C(O)=C2\C(=O)Nc3cc(Cl)c(-c4ccc(C5CCN(CC(F)(F)F)C5)cc4)cc32)on1. The minimum atomic E-state index is -4.21. The van der Waals surface area contributed by atoms with Crippen LogP contribution < -0.4 is 10.1 Å². The smallest absolute Gasteiger partial charge is 0.401 e. The summed E-state index contributed by atoms with van der Waals surface area (Å²) in [6.07, 6.45) is -3.55. The molecule has 0 radical (unpaired) electrons. The number of carbonyl (C=O) groups excluding carboxylic acids is 1. The number of fused-ring (bicyclic) bond motifs is 1. The van der Waals surface area contributed by atoms with E-state index in [1.165, 1.54) is 18.1 Å². The van der Waals surface area contributed by atoms with Gasteiger partial charge in [-0.2, -0.15) is 13.2 Å². The maximum atomic E-state index is 12.7. The van der Waals surface area contributed by atoms with E-state index in [4.69, 9.17) is 20.9 Å². The first-order chi connectivity index (χ1) is 17.1. The Hall–Kier alpha value is -3.50. The number of nitrogens with zero attached hydrogens (tertiary/aromatic N) is 2. The van der Waals surface area contributed by atoms with Crippen molar-refractivity contribution in [2.75, 3.05) is 32.1 Å². The summed E-state index contributed by atoms with van der Waals surface area (Å²) < 4.78 is 48.2. The number of aromatic nitrogens is 1. The molecule has 0 spiro atoms. The zero-order valence-electron chi connectivity index (χ0n) is 19.0. The van der Waals surface area contributed by atoms with Crippen LogP contribution in [0.1, 0.15) is 29.2 Å². The molecule has 1 saturated heterocycles. The highest BCUT2D eigenvalue weighted by atomic mass is 35.5. The van der Waals surface area contributed by atoms with E-state index in [9.17, 15) is 23.1 Å². The molecule has 1 unspecified atom stereocenters. The number of rotatable bonds is 5. The van der Waals surface area contributed by atoms with Crippen molar-refractivity contribution in [2.24, 2.45) is 0 Å². The molecule has 2 aliphatic heterocycles. The lowest BCUT2D eigenvalue weighted by Gasteiger charge is -2.18. The molecule has 0 bridgehead atoms. The highest BCUT2D eigenvalue weighted by Gasteiger charge is 2.35. The molecule has 0 aliphatic carbocycles. The molecule has 2 N–H and O–H groups in total. The van der Waals surface area contributed by atoms with Gasteiger partial charge in [-0.05, 0) is 47.3 Å². The summed E-state index contributed by atoms with van der Waals surface area (Å²) >= 11 is 6.52. The predicted molar refractivity (Wildman–Crippen MR) is 128 cm³/mol. The fourth-order valence-electron chi connectivity index (χ4n) is 4.67. The van der Waals surface area contributed by atoms with Crippen molar-refractivity contribution < 1.29 is 32.3 Å². The fraction of sp³-hybridized carbons (Fsp3) is 0.280. The van der Waals surface area contributed by atoms with E-state index in [0.29, 0.717) is 41.3 Å². The molecule has 1 atom stereocenters. The van der Waals surface area contributed by atoms with E-state index in [1.54, 1.807) is 12.1 Å². The Morgan fingerprint density at radius 1 is 1.25 bits per heavy atom. The largest absolute Gasteiger partial charge is 0.504 e. The molecule has 1 aromatic heterocycles. The minimum absolute atomic E-state index is 0.00838. The molecule has 1 fully saturated rings.